The van der Waals surface area contributed by atoms with Crippen LogP contribution in [0.2, 0.25) is 0 Å². The minimum Gasteiger partial charge on any atom is -0.378 e. The van der Waals surface area contributed by atoms with Crippen molar-refractivity contribution in [1.29, 1.82) is 5.26 Å². The van der Waals surface area contributed by atoms with Crippen molar-refractivity contribution < 1.29 is 4.74 Å². The van der Waals surface area contributed by atoms with Crippen molar-refractivity contribution >= 4 is 21.6 Å². The van der Waals surface area contributed by atoms with Gasteiger partial charge in [-0.05, 0) is 43.5 Å². The maximum Gasteiger partial charge on any atom is 0.151 e. The summed E-state index contributed by atoms with van der Waals surface area (Å²) in [5, 5.41) is 12.9. The molecule has 0 heterocycles. The summed E-state index contributed by atoms with van der Waals surface area (Å²) in [6.45, 7) is 0. The van der Waals surface area contributed by atoms with E-state index in [4.69, 9.17) is 4.74 Å². The SMILES string of the molecule is COC1CCCCC1(C#N)Nc1ccc(Br)cc1. The lowest BCUT2D eigenvalue weighted by molar-refractivity contribution is 0.0370. The third-order valence-electron chi connectivity index (χ3n) is 3.53. The Morgan fingerprint density at radius 1 is 1.39 bits per heavy atom. The Kier molecular flexibility index (Phi) is 4.26. The van der Waals surface area contributed by atoms with Gasteiger partial charge in [0.25, 0.3) is 0 Å². The predicted molar refractivity (Wildman–Crippen MR) is 75.4 cm³/mol. The van der Waals surface area contributed by atoms with Crippen LogP contribution < -0.4 is 5.32 Å². The van der Waals surface area contributed by atoms with E-state index in [2.05, 4.69) is 27.3 Å². The minimum absolute atomic E-state index is 0.0418. The lowest BCUT2D eigenvalue weighted by Gasteiger charge is -2.39. The van der Waals surface area contributed by atoms with Crippen LogP contribution in [-0.2, 0) is 4.74 Å². The lowest BCUT2D eigenvalue weighted by atomic mass is 9.80. The van der Waals surface area contributed by atoms with E-state index in [1.54, 1.807) is 7.11 Å². The lowest BCUT2D eigenvalue weighted by Crippen LogP contribution is -2.51. The van der Waals surface area contributed by atoms with Gasteiger partial charge in [-0.3, -0.25) is 0 Å². The molecule has 2 unspecified atom stereocenters. The van der Waals surface area contributed by atoms with Crippen molar-refractivity contribution in [2.75, 3.05) is 12.4 Å². The molecule has 0 saturated heterocycles. The van der Waals surface area contributed by atoms with Crippen LogP contribution in [0, 0.1) is 11.3 Å². The average Bonchev–Trinajstić information content (AvgIpc) is 2.42. The number of methoxy groups -OCH3 is 1. The molecule has 0 radical (unpaired) electrons. The Labute approximate surface area is 116 Å². The van der Waals surface area contributed by atoms with Gasteiger partial charge >= 0.3 is 0 Å². The Morgan fingerprint density at radius 3 is 2.72 bits per heavy atom. The number of ether oxygens (including phenoxy) is 1. The summed E-state index contributed by atoms with van der Waals surface area (Å²) in [4.78, 5) is 0. The number of rotatable bonds is 3. The van der Waals surface area contributed by atoms with Gasteiger partial charge < -0.3 is 10.1 Å². The van der Waals surface area contributed by atoms with Gasteiger partial charge in [-0.15, -0.1) is 0 Å². The fourth-order valence-corrected chi connectivity index (χ4v) is 2.81. The minimum atomic E-state index is -0.596. The van der Waals surface area contributed by atoms with Gasteiger partial charge in [-0.1, -0.05) is 22.4 Å². The number of benzene rings is 1. The summed E-state index contributed by atoms with van der Waals surface area (Å²) in [5.74, 6) is 0. The molecule has 96 valence electrons. The Bertz CT molecular complexity index is 440. The first kappa shape index (κ1) is 13.4. The highest BCUT2D eigenvalue weighted by atomic mass is 79.9. The molecule has 2 rings (SSSR count). The molecule has 0 amide bonds. The van der Waals surface area contributed by atoms with E-state index in [1.165, 1.54) is 0 Å². The quantitative estimate of drug-likeness (QED) is 0.925. The number of halogens is 1. The average molecular weight is 309 g/mol. The second-order valence-corrected chi connectivity index (χ2v) is 5.60. The number of hydrogen-bond acceptors (Lipinski definition) is 3. The maximum absolute atomic E-state index is 9.56. The molecule has 1 aromatic rings. The molecule has 0 aromatic heterocycles. The van der Waals surface area contributed by atoms with E-state index >= 15 is 0 Å². The van der Waals surface area contributed by atoms with Crippen LogP contribution in [0.25, 0.3) is 0 Å². The second-order valence-electron chi connectivity index (χ2n) is 4.69. The van der Waals surface area contributed by atoms with Crippen molar-refractivity contribution in [2.24, 2.45) is 0 Å². The molecule has 2 atom stereocenters. The van der Waals surface area contributed by atoms with E-state index < -0.39 is 5.54 Å². The Hall–Kier alpha value is -1.05. The highest BCUT2D eigenvalue weighted by Gasteiger charge is 2.41. The third kappa shape index (κ3) is 2.68. The van der Waals surface area contributed by atoms with Crippen LogP contribution in [0.4, 0.5) is 5.69 Å². The van der Waals surface area contributed by atoms with E-state index in [0.29, 0.717) is 0 Å². The van der Waals surface area contributed by atoms with Gasteiger partial charge in [-0.2, -0.15) is 5.26 Å². The molecule has 18 heavy (non-hydrogen) atoms. The summed E-state index contributed by atoms with van der Waals surface area (Å²) in [6.07, 6.45) is 3.92. The van der Waals surface area contributed by atoms with Crippen LogP contribution in [0.1, 0.15) is 25.7 Å². The first-order chi connectivity index (χ1) is 8.70. The fraction of sp³-hybridized carbons (Fsp3) is 0.500. The summed E-state index contributed by atoms with van der Waals surface area (Å²) >= 11 is 3.41. The van der Waals surface area contributed by atoms with Gasteiger partial charge in [0.2, 0.25) is 0 Å². The molecule has 1 aliphatic rings. The predicted octanol–water partition coefficient (Wildman–Crippen LogP) is 3.71. The van der Waals surface area contributed by atoms with Crippen molar-refractivity contribution in [3.05, 3.63) is 28.7 Å². The monoisotopic (exact) mass is 308 g/mol. The van der Waals surface area contributed by atoms with Crippen LogP contribution in [0.15, 0.2) is 28.7 Å². The largest absolute Gasteiger partial charge is 0.378 e. The van der Waals surface area contributed by atoms with Gasteiger partial charge in [0.15, 0.2) is 5.54 Å². The highest BCUT2D eigenvalue weighted by Crippen LogP contribution is 2.33. The molecule has 0 bridgehead atoms. The van der Waals surface area contributed by atoms with Crippen molar-refractivity contribution in [3.63, 3.8) is 0 Å². The second kappa shape index (κ2) is 5.73. The molecular weight excluding hydrogens is 292 g/mol. The smallest absolute Gasteiger partial charge is 0.151 e. The topological polar surface area (TPSA) is 45.0 Å². The van der Waals surface area contributed by atoms with Gasteiger partial charge in [0.1, 0.15) is 0 Å². The molecule has 1 aliphatic carbocycles. The number of nitrogens with one attached hydrogen (secondary N) is 1. The van der Waals surface area contributed by atoms with Crippen molar-refractivity contribution in [3.8, 4) is 6.07 Å². The standard InChI is InChI=1S/C14H17BrN2O/c1-18-13-4-2-3-9-14(13,10-16)17-12-7-5-11(15)6-8-12/h5-8,13,17H,2-4,9H2,1H3. The molecule has 4 heteroatoms. The Morgan fingerprint density at radius 2 is 2.11 bits per heavy atom. The summed E-state index contributed by atoms with van der Waals surface area (Å²) in [5.41, 5.74) is 0.365. The van der Waals surface area contributed by atoms with Crippen LogP contribution in [0.3, 0.4) is 0 Å². The van der Waals surface area contributed by atoms with Gasteiger partial charge in [0.05, 0.1) is 12.2 Å². The molecule has 1 fully saturated rings. The number of nitriles is 1. The van der Waals surface area contributed by atoms with Crippen LogP contribution in [-0.4, -0.2) is 18.8 Å². The normalized spacial score (nSPS) is 27.5. The highest BCUT2D eigenvalue weighted by molar-refractivity contribution is 9.10. The third-order valence-corrected chi connectivity index (χ3v) is 4.06. The molecule has 1 saturated carbocycles. The van der Waals surface area contributed by atoms with Crippen molar-refractivity contribution in [1.82, 2.24) is 0 Å². The zero-order valence-electron chi connectivity index (χ0n) is 10.4. The van der Waals surface area contributed by atoms with Crippen LogP contribution in [0.5, 0.6) is 0 Å². The molecular formula is C14H17BrN2O. The summed E-state index contributed by atoms with van der Waals surface area (Å²) < 4.78 is 6.53. The van der Waals surface area contributed by atoms with Gasteiger partial charge in [-0.25, -0.2) is 0 Å². The zero-order valence-corrected chi connectivity index (χ0v) is 12.0. The summed E-state index contributed by atoms with van der Waals surface area (Å²) in [7, 11) is 1.69. The molecule has 1 N–H and O–H groups in total. The van der Waals surface area contributed by atoms with E-state index in [0.717, 1.165) is 35.8 Å². The Balaban J connectivity index is 2.21. The molecule has 0 spiro atoms. The van der Waals surface area contributed by atoms with Crippen LogP contribution >= 0.6 is 15.9 Å². The van der Waals surface area contributed by atoms with Crippen molar-refractivity contribution in [2.45, 2.75) is 37.3 Å². The van der Waals surface area contributed by atoms with E-state index in [-0.39, 0.29) is 6.10 Å². The maximum atomic E-state index is 9.56. The fourth-order valence-electron chi connectivity index (χ4n) is 2.55. The molecule has 1 aromatic carbocycles. The van der Waals surface area contributed by atoms with E-state index in [9.17, 15) is 5.26 Å². The zero-order chi connectivity index (χ0) is 13.0. The first-order valence-electron chi connectivity index (χ1n) is 6.18. The molecule has 3 nitrogen and oxygen atoms in total. The number of nitrogens with zero attached hydrogens (tertiary/aromatic N) is 1. The molecule has 0 aliphatic heterocycles. The van der Waals surface area contributed by atoms with Gasteiger partial charge in [0, 0.05) is 17.3 Å². The number of anilines is 1. The van der Waals surface area contributed by atoms with E-state index in [1.807, 2.05) is 24.3 Å². The first-order valence-corrected chi connectivity index (χ1v) is 6.97. The number of hydrogen-bond donors (Lipinski definition) is 1. The summed E-state index contributed by atoms with van der Waals surface area (Å²) in [6, 6.07) is 10.3.